The Morgan fingerprint density at radius 3 is 2.45 bits per heavy atom. The van der Waals surface area contributed by atoms with Crippen LogP contribution in [0.25, 0.3) is 0 Å². The van der Waals surface area contributed by atoms with E-state index in [0.717, 1.165) is 22.4 Å². The molecule has 0 spiro atoms. The first kappa shape index (κ1) is 24.8. The van der Waals surface area contributed by atoms with Gasteiger partial charge in [-0.2, -0.15) is 0 Å². The SMILES string of the molecule is N=C(C(=O)NCc1ccc(Cl)cc1)c1ccc(NC/C(=C/N)SN)c(Cl)c1NCCN. The summed E-state index contributed by atoms with van der Waals surface area (Å²) < 4.78 is 0. The average Bonchev–Trinajstić information content (AvgIpc) is 2.78. The zero-order valence-electron chi connectivity index (χ0n) is 16.7. The van der Waals surface area contributed by atoms with Crippen LogP contribution in [0.3, 0.4) is 0 Å². The maximum absolute atomic E-state index is 12.6. The number of nitrogens with two attached hydrogens (primary N) is 3. The lowest BCUT2D eigenvalue weighted by Gasteiger charge is -2.18. The van der Waals surface area contributed by atoms with Gasteiger partial charge in [-0.15, -0.1) is 0 Å². The molecule has 0 fully saturated rings. The fourth-order valence-corrected chi connectivity index (χ4v) is 3.27. The molecule has 10 N–H and O–H groups in total. The minimum Gasteiger partial charge on any atom is -0.404 e. The molecule has 166 valence electrons. The largest absolute Gasteiger partial charge is 0.404 e. The lowest BCUT2D eigenvalue weighted by molar-refractivity contribution is -0.114. The summed E-state index contributed by atoms with van der Waals surface area (Å²) in [6.07, 6.45) is 1.41. The van der Waals surface area contributed by atoms with E-state index in [1.165, 1.54) is 6.20 Å². The van der Waals surface area contributed by atoms with Gasteiger partial charge in [-0.25, -0.2) is 0 Å². The Morgan fingerprint density at radius 2 is 1.84 bits per heavy atom. The molecule has 31 heavy (non-hydrogen) atoms. The van der Waals surface area contributed by atoms with Crippen LogP contribution in [0.15, 0.2) is 47.5 Å². The Bertz CT molecular complexity index is 951. The molecular weight excluding hydrogens is 457 g/mol. The monoisotopic (exact) mass is 481 g/mol. The third kappa shape index (κ3) is 7.05. The molecule has 0 aromatic heterocycles. The van der Waals surface area contributed by atoms with Gasteiger partial charge in [-0.3, -0.25) is 15.3 Å². The van der Waals surface area contributed by atoms with Gasteiger partial charge in [0.15, 0.2) is 0 Å². The Kier molecular flexibility index (Phi) is 9.96. The maximum atomic E-state index is 12.6. The van der Waals surface area contributed by atoms with Crippen molar-refractivity contribution in [3.63, 3.8) is 0 Å². The Balaban J connectivity index is 2.20. The van der Waals surface area contributed by atoms with Crippen molar-refractivity contribution in [2.75, 3.05) is 30.3 Å². The molecule has 0 aliphatic heterocycles. The summed E-state index contributed by atoms with van der Waals surface area (Å²) in [5.41, 5.74) is 13.2. The van der Waals surface area contributed by atoms with Crippen LogP contribution in [0.5, 0.6) is 0 Å². The molecule has 1 amide bonds. The van der Waals surface area contributed by atoms with E-state index < -0.39 is 5.91 Å². The predicted molar refractivity (Wildman–Crippen MR) is 132 cm³/mol. The van der Waals surface area contributed by atoms with Crippen LogP contribution in [-0.2, 0) is 11.3 Å². The van der Waals surface area contributed by atoms with E-state index in [-0.39, 0.29) is 12.3 Å². The van der Waals surface area contributed by atoms with Gasteiger partial charge >= 0.3 is 0 Å². The van der Waals surface area contributed by atoms with E-state index in [2.05, 4.69) is 16.0 Å². The van der Waals surface area contributed by atoms with Crippen molar-refractivity contribution in [3.05, 3.63) is 68.7 Å². The number of hydrogen-bond donors (Lipinski definition) is 7. The molecule has 0 bridgehead atoms. The number of hydrogen-bond acceptors (Lipinski definition) is 8. The van der Waals surface area contributed by atoms with Crippen molar-refractivity contribution >= 4 is 58.1 Å². The lowest BCUT2D eigenvalue weighted by Crippen LogP contribution is -2.31. The minimum absolute atomic E-state index is 0.220. The van der Waals surface area contributed by atoms with Crippen LogP contribution in [0.2, 0.25) is 10.0 Å². The predicted octanol–water partition coefficient (Wildman–Crippen LogP) is 2.87. The molecule has 0 aliphatic carbocycles. The molecule has 0 atom stereocenters. The molecule has 0 heterocycles. The lowest BCUT2D eigenvalue weighted by atomic mass is 10.1. The standard InChI is InChI=1S/C20H25Cl2N7OS/c21-13-3-1-12(2-4-13)10-29-20(30)18(25)15-5-6-16(28-11-14(9-24)31-26)17(22)19(15)27-8-7-23/h1-6,9,25,27-28H,7-8,10-11,23-24,26H2,(H,29,30)/b14-9-,25-18?. The first-order valence-electron chi connectivity index (χ1n) is 9.30. The highest BCUT2D eigenvalue weighted by atomic mass is 35.5. The number of nitrogens with one attached hydrogen (secondary N) is 4. The fraction of sp³-hybridized carbons (Fsp3) is 0.200. The number of anilines is 2. The fourth-order valence-electron chi connectivity index (χ4n) is 2.61. The van der Waals surface area contributed by atoms with Gasteiger partial charge in [-0.05, 0) is 41.8 Å². The van der Waals surface area contributed by atoms with Crippen LogP contribution in [-0.4, -0.2) is 31.3 Å². The second kappa shape index (κ2) is 12.4. The van der Waals surface area contributed by atoms with E-state index in [1.807, 2.05) is 12.1 Å². The summed E-state index contributed by atoms with van der Waals surface area (Å²) in [6.45, 7) is 1.42. The Hall–Kier alpha value is -2.43. The van der Waals surface area contributed by atoms with Crippen LogP contribution >= 0.6 is 35.1 Å². The number of carbonyl (C=O) groups is 1. The van der Waals surface area contributed by atoms with E-state index in [1.54, 1.807) is 24.3 Å². The number of amides is 1. The van der Waals surface area contributed by atoms with E-state index in [4.69, 9.17) is 45.2 Å². The molecule has 0 radical (unpaired) electrons. The summed E-state index contributed by atoms with van der Waals surface area (Å²) in [7, 11) is 0. The van der Waals surface area contributed by atoms with Gasteiger partial charge in [0.25, 0.3) is 5.91 Å². The van der Waals surface area contributed by atoms with E-state index >= 15 is 0 Å². The molecule has 2 aromatic rings. The van der Waals surface area contributed by atoms with Crippen molar-refractivity contribution < 1.29 is 4.79 Å². The first-order valence-corrected chi connectivity index (χ1v) is 10.9. The van der Waals surface area contributed by atoms with Crippen molar-refractivity contribution in [3.8, 4) is 0 Å². The van der Waals surface area contributed by atoms with E-state index in [0.29, 0.717) is 46.6 Å². The Labute approximate surface area is 195 Å². The second-order valence-corrected chi connectivity index (χ2v) is 7.93. The molecule has 11 heteroatoms. The molecule has 8 nitrogen and oxygen atoms in total. The number of benzene rings is 2. The third-order valence-corrected chi connectivity index (χ3v) is 5.47. The number of rotatable bonds is 11. The van der Waals surface area contributed by atoms with Gasteiger partial charge in [0, 0.05) is 47.9 Å². The zero-order valence-corrected chi connectivity index (χ0v) is 19.0. The van der Waals surface area contributed by atoms with Crippen molar-refractivity contribution in [1.82, 2.24) is 5.32 Å². The molecule has 0 aliphatic rings. The number of carbonyl (C=O) groups excluding carboxylic acids is 1. The molecule has 0 saturated carbocycles. The van der Waals surface area contributed by atoms with Gasteiger partial charge in [-0.1, -0.05) is 35.3 Å². The van der Waals surface area contributed by atoms with Crippen molar-refractivity contribution in [2.45, 2.75) is 6.54 Å². The summed E-state index contributed by atoms with van der Waals surface area (Å²) in [6, 6.07) is 10.4. The van der Waals surface area contributed by atoms with Crippen LogP contribution in [0, 0.1) is 5.41 Å². The summed E-state index contributed by atoms with van der Waals surface area (Å²) in [5.74, 6) is -0.532. The molecule has 0 saturated heterocycles. The number of halogens is 2. The van der Waals surface area contributed by atoms with Crippen LogP contribution in [0.4, 0.5) is 11.4 Å². The van der Waals surface area contributed by atoms with Crippen LogP contribution < -0.4 is 32.6 Å². The molecule has 2 rings (SSSR count). The normalized spacial score (nSPS) is 11.2. The molecule has 0 unspecified atom stereocenters. The first-order chi connectivity index (χ1) is 14.9. The topological polar surface area (TPSA) is 155 Å². The zero-order chi connectivity index (χ0) is 22.8. The quantitative estimate of drug-likeness (QED) is 0.192. The van der Waals surface area contributed by atoms with Crippen molar-refractivity contribution in [2.24, 2.45) is 16.6 Å². The minimum atomic E-state index is -0.532. The molecule has 2 aromatic carbocycles. The van der Waals surface area contributed by atoms with Crippen molar-refractivity contribution in [1.29, 1.82) is 5.41 Å². The van der Waals surface area contributed by atoms with Gasteiger partial charge in [0.1, 0.15) is 5.71 Å². The third-order valence-electron chi connectivity index (χ3n) is 4.24. The Morgan fingerprint density at radius 1 is 1.13 bits per heavy atom. The second-order valence-electron chi connectivity index (χ2n) is 6.35. The summed E-state index contributed by atoms with van der Waals surface area (Å²) in [5, 5.41) is 23.9. The summed E-state index contributed by atoms with van der Waals surface area (Å²) >= 11 is 13.5. The summed E-state index contributed by atoms with van der Waals surface area (Å²) in [4.78, 5) is 13.3. The highest BCUT2D eigenvalue weighted by molar-refractivity contribution is 8.00. The van der Waals surface area contributed by atoms with Gasteiger partial charge in [0.05, 0.1) is 16.4 Å². The van der Waals surface area contributed by atoms with Gasteiger partial charge in [0.2, 0.25) is 0 Å². The van der Waals surface area contributed by atoms with Gasteiger partial charge < -0.3 is 27.4 Å². The maximum Gasteiger partial charge on any atom is 0.270 e. The highest BCUT2D eigenvalue weighted by Crippen LogP contribution is 2.34. The highest BCUT2D eigenvalue weighted by Gasteiger charge is 2.19. The van der Waals surface area contributed by atoms with E-state index in [9.17, 15) is 4.79 Å². The van der Waals surface area contributed by atoms with Crippen LogP contribution in [0.1, 0.15) is 11.1 Å². The molecular formula is C20H25Cl2N7OS. The average molecular weight is 482 g/mol. The smallest absolute Gasteiger partial charge is 0.270 e.